The lowest BCUT2D eigenvalue weighted by atomic mass is 9.87. The van der Waals surface area contributed by atoms with E-state index in [-0.39, 0.29) is 17.7 Å². The quantitative estimate of drug-likeness (QED) is 0.632. The number of rotatable bonds is 8. The van der Waals surface area contributed by atoms with Crippen molar-refractivity contribution >= 4 is 21.6 Å². The van der Waals surface area contributed by atoms with E-state index in [4.69, 9.17) is 0 Å². The average molecular weight is 396 g/mol. The van der Waals surface area contributed by atoms with Crippen LogP contribution in [-0.4, -0.2) is 39.2 Å². The van der Waals surface area contributed by atoms with Gasteiger partial charge >= 0.3 is 0 Å². The molecule has 6 nitrogen and oxygen atoms in total. The number of nitrogens with one attached hydrogen (secondary N) is 3. The molecule has 1 aliphatic heterocycles. The molecule has 0 radical (unpaired) electrons. The van der Waals surface area contributed by atoms with Crippen LogP contribution < -0.4 is 15.4 Å². The number of carbonyl (C=O) groups is 1. The number of piperidine rings is 1. The van der Waals surface area contributed by atoms with E-state index in [1.54, 1.807) is 13.8 Å². The first kappa shape index (κ1) is 21.9. The van der Waals surface area contributed by atoms with Crippen molar-refractivity contribution in [3.63, 3.8) is 0 Å². The molecule has 2 rings (SSSR count). The molecular formula is C20H33N3O3S. The standard InChI is InChI=1S/C20H33N3O3S/c1-14(2)27(25,26)22-12-15(3)17-7-9-19(10-8-17)23-20(24)16(4)18-6-5-11-21-13-18/h7-10,14-16,18,21-22H,5-6,11-13H2,1-4H3,(H,23,24). The summed E-state index contributed by atoms with van der Waals surface area (Å²) in [5.74, 6) is 0.457. The maximum atomic E-state index is 12.5. The van der Waals surface area contributed by atoms with E-state index in [9.17, 15) is 13.2 Å². The maximum absolute atomic E-state index is 12.5. The third-order valence-electron chi connectivity index (χ3n) is 5.41. The summed E-state index contributed by atoms with van der Waals surface area (Å²) >= 11 is 0. The van der Waals surface area contributed by atoms with Crippen LogP contribution in [0.25, 0.3) is 0 Å². The van der Waals surface area contributed by atoms with Crippen LogP contribution in [-0.2, 0) is 14.8 Å². The molecule has 0 aromatic heterocycles. The van der Waals surface area contributed by atoms with Gasteiger partial charge in [0.2, 0.25) is 15.9 Å². The van der Waals surface area contributed by atoms with E-state index in [0.717, 1.165) is 37.2 Å². The molecule has 1 heterocycles. The van der Waals surface area contributed by atoms with Crippen molar-refractivity contribution in [1.29, 1.82) is 0 Å². The first-order chi connectivity index (χ1) is 12.7. The number of anilines is 1. The topological polar surface area (TPSA) is 87.3 Å². The predicted octanol–water partition coefficient (Wildman–Crippen LogP) is 2.69. The Bertz CT molecular complexity index is 710. The minimum atomic E-state index is -3.26. The average Bonchev–Trinajstić information content (AvgIpc) is 2.66. The number of hydrogen-bond donors (Lipinski definition) is 3. The molecule has 27 heavy (non-hydrogen) atoms. The third-order valence-corrected chi connectivity index (χ3v) is 7.22. The monoisotopic (exact) mass is 395 g/mol. The van der Waals surface area contributed by atoms with Crippen molar-refractivity contribution < 1.29 is 13.2 Å². The van der Waals surface area contributed by atoms with Crippen LogP contribution in [0, 0.1) is 11.8 Å². The molecule has 3 N–H and O–H groups in total. The van der Waals surface area contributed by atoms with Crippen molar-refractivity contribution in [2.45, 2.75) is 51.7 Å². The second kappa shape index (κ2) is 9.66. The van der Waals surface area contributed by atoms with Gasteiger partial charge in [-0.25, -0.2) is 13.1 Å². The second-order valence-electron chi connectivity index (χ2n) is 7.85. The zero-order valence-corrected chi connectivity index (χ0v) is 17.6. The number of sulfonamides is 1. The van der Waals surface area contributed by atoms with Gasteiger partial charge in [0.25, 0.3) is 0 Å². The summed E-state index contributed by atoms with van der Waals surface area (Å²) in [5.41, 5.74) is 1.80. The smallest absolute Gasteiger partial charge is 0.227 e. The molecule has 3 atom stereocenters. The van der Waals surface area contributed by atoms with Gasteiger partial charge in [0.1, 0.15) is 0 Å². The fourth-order valence-electron chi connectivity index (χ4n) is 3.20. The fraction of sp³-hybridized carbons (Fsp3) is 0.650. The lowest BCUT2D eigenvalue weighted by Crippen LogP contribution is -2.37. The number of benzene rings is 1. The van der Waals surface area contributed by atoms with E-state index in [2.05, 4.69) is 15.4 Å². The van der Waals surface area contributed by atoms with E-state index >= 15 is 0 Å². The van der Waals surface area contributed by atoms with Crippen LogP contribution in [0.3, 0.4) is 0 Å². The molecule has 1 aliphatic rings. The SMILES string of the molecule is CC(CNS(=O)(=O)C(C)C)c1ccc(NC(=O)C(C)C2CCCNC2)cc1. The van der Waals surface area contributed by atoms with Gasteiger partial charge < -0.3 is 10.6 Å². The molecule has 1 amide bonds. The molecule has 0 bridgehead atoms. The Labute approximate surface area is 163 Å². The normalized spacial score (nSPS) is 20.3. The van der Waals surface area contributed by atoms with Gasteiger partial charge in [0.15, 0.2) is 0 Å². The van der Waals surface area contributed by atoms with Gasteiger partial charge in [-0.05, 0) is 69.3 Å². The van der Waals surface area contributed by atoms with Crippen LogP contribution in [0.2, 0.25) is 0 Å². The Kier molecular flexibility index (Phi) is 7.82. The first-order valence-electron chi connectivity index (χ1n) is 9.80. The van der Waals surface area contributed by atoms with Gasteiger partial charge in [-0.2, -0.15) is 0 Å². The van der Waals surface area contributed by atoms with Gasteiger partial charge in [-0.1, -0.05) is 26.0 Å². The van der Waals surface area contributed by atoms with Gasteiger partial charge in [-0.3, -0.25) is 4.79 Å². The Morgan fingerprint density at radius 2 is 1.85 bits per heavy atom. The minimum Gasteiger partial charge on any atom is -0.326 e. The van der Waals surface area contributed by atoms with E-state index < -0.39 is 15.3 Å². The molecule has 0 aliphatic carbocycles. The zero-order chi connectivity index (χ0) is 20.0. The Morgan fingerprint density at radius 3 is 2.41 bits per heavy atom. The summed E-state index contributed by atoms with van der Waals surface area (Å²) in [6.45, 7) is 9.59. The Balaban J connectivity index is 1.89. The fourth-order valence-corrected chi connectivity index (χ4v) is 4.01. The Morgan fingerprint density at radius 1 is 1.19 bits per heavy atom. The van der Waals surface area contributed by atoms with E-state index in [1.807, 2.05) is 38.1 Å². The van der Waals surface area contributed by atoms with Gasteiger partial charge in [-0.15, -0.1) is 0 Å². The van der Waals surface area contributed by atoms with Gasteiger partial charge in [0.05, 0.1) is 5.25 Å². The lowest BCUT2D eigenvalue weighted by molar-refractivity contribution is -0.121. The van der Waals surface area contributed by atoms with E-state index in [0.29, 0.717) is 12.5 Å². The molecule has 0 saturated carbocycles. The van der Waals surface area contributed by atoms with Crippen molar-refractivity contribution in [2.24, 2.45) is 11.8 Å². The van der Waals surface area contributed by atoms with Crippen molar-refractivity contribution in [3.8, 4) is 0 Å². The summed E-state index contributed by atoms with van der Waals surface area (Å²) in [4.78, 5) is 12.5. The van der Waals surface area contributed by atoms with E-state index in [1.165, 1.54) is 0 Å². The van der Waals surface area contributed by atoms with Crippen LogP contribution in [0.1, 0.15) is 52.0 Å². The van der Waals surface area contributed by atoms with Gasteiger partial charge in [0, 0.05) is 18.2 Å². The molecule has 1 aromatic rings. The third kappa shape index (κ3) is 6.30. The summed E-state index contributed by atoms with van der Waals surface area (Å²) in [6.07, 6.45) is 2.21. The molecule has 1 aromatic carbocycles. The van der Waals surface area contributed by atoms with Crippen molar-refractivity contribution in [2.75, 3.05) is 25.0 Å². The predicted molar refractivity (Wildman–Crippen MR) is 110 cm³/mol. The summed E-state index contributed by atoms with van der Waals surface area (Å²) < 4.78 is 26.4. The van der Waals surface area contributed by atoms with Crippen LogP contribution >= 0.6 is 0 Å². The highest BCUT2D eigenvalue weighted by Crippen LogP contribution is 2.22. The minimum absolute atomic E-state index is 0.0261. The highest BCUT2D eigenvalue weighted by atomic mass is 32.2. The largest absolute Gasteiger partial charge is 0.326 e. The van der Waals surface area contributed by atoms with Crippen LogP contribution in [0.5, 0.6) is 0 Å². The highest BCUT2D eigenvalue weighted by molar-refractivity contribution is 7.90. The first-order valence-corrected chi connectivity index (χ1v) is 11.4. The summed E-state index contributed by atoms with van der Waals surface area (Å²) in [6, 6.07) is 7.65. The van der Waals surface area contributed by atoms with Crippen LogP contribution in [0.4, 0.5) is 5.69 Å². The molecule has 0 spiro atoms. The maximum Gasteiger partial charge on any atom is 0.227 e. The second-order valence-corrected chi connectivity index (χ2v) is 10.2. The zero-order valence-electron chi connectivity index (χ0n) is 16.8. The molecular weight excluding hydrogens is 362 g/mol. The Hall–Kier alpha value is -1.44. The number of hydrogen-bond acceptors (Lipinski definition) is 4. The number of carbonyl (C=O) groups excluding carboxylic acids is 1. The molecule has 152 valence electrons. The summed E-state index contributed by atoms with van der Waals surface area (Å²) in [5, 5.41) is 5.91. The van der Waals surface area contributed by atoms with Crippen molar-refractivity contribution in [1.82, 2.24) is 10.0 Å². The number of amides is 1. The highest BCUT2D eigenvalue weighted by Gasteiger charge is 2.25. The molecule has 1 saturated heterocycles. The molecule has 1 fully saturated rings. The molecule has 7 heteroatoms. The van der Waals surface area contributed by atoms with Crippen LogP contribution in [0.15, 0.2) is 24.3 Å². The van der Waals surface area contributed by atoms with Crippen molar-refractivity contribution in [3.05, 3.63) is 29.8 Å². The molecule has 3 unspecified atom stereocenters. The lowest BCUT2D eigenvalue weighted by Gasteiger charge is -2.27. The summed E-state index contributed by atoms with van der Waals surface area (Å²) in [7, 11) is -3.26.